The molecule has 1 amide bonds. The lowest BCUT2D eigenvalue weighted by molar-refractivity contribution is -0.141. The summed E-state index contributed by atoms with van der Waals surface area (Å²) in [5.74, 6) is -1.07. The molecule has 2 rings (SSSR count). The molecule has 0 radical (unpaired) electrons. The van der Waals surface area contributed by atoms with E-state index in [0.29, 0.717) is 19.3 Å². The number of nitrogens with one attached hydrogen (secondary N) is 1. The van der Waals surface area contributed by atoms with Gasteiger partial charge in [0, 0.05) is 6.04 Å². The summed E-state index contributed by atoms with van der Waals surface area (Å²) in [5, 5.41) is 11.9. The maximum absolute atomic E-state index is 12.1. The Morgan fingerprint density at radius 2 is 1.90 bits per heavy atom. The molecule has 2 atom stereocenters. The molecule has 0 unspecified atom stereocenters. The molecule has 4 nitrogen and oxygen atoms in total. The lowest BCUT2D eigenvalue weighted by Gasteiger charge is -2.14. The van der Waals surface area contributed by atoms with Crippen LogP contribution in [0.4, 0.5) is 0 Å². The van der Waals surface area contributed by atoms with Crippen LogP contribution in [0, 0.1) is 19.8 Å². The summed E-state index contributed by atoms with van der Waals surface area (Å²) in [6.07, 6.45) is 2.33. The molecule has 0 saturated heterocycles. The average Bonchev–Trinajstić information content (AvgIpc) is 2.82. The van der Waals surface area contributed by atoms with E-state index in [1.165, 1.54) is 0 Å². The molecule has 4 heteroatoms. The first-order valence-corrected chi connectivity index (χ1v) is 7.04. The van der Waals surface area contributed by atoms with Crippen LogP contribution in [0.1, 0.15) is 36.0 Å². The Morgan fingerprint density at radius 3 is 2.45 bits per heavy atom. The van der Waals surface area contributed by atoms with Gasteiger partial charge in [0.15, 0.2) is 0 Å². The van der Waals surface area contributed by atoms with Crippen LogP contribution in [-0.2, 0) is 16.0 Å². The molecule has 0 aliphatic heterocycles. The number of hydrogen-bond acceptors (Lipinski definition) is 2. The summed E-state index contributed by atoms with van der Waals surface area (Å²) in [4.78, 5) is 23.0. The van der Waals surface area contributed by atoms with E-state index in [4.69, 9.17) is 5.11 Å². The minimum Gasteiger partial charge on any atom is -0.481 e. The van der Waals surface area contributed by atoms with E-state index in [1.54, 1.807) is 0 Å². The van der Waals surface area contributed by atoms with Crippen LogP contribution >= 0.6 is 0 Å². The average molecular weight is 275 g/mol. The number of benzene rings is 1. The number of amides is 1. The molecule has 1 aromatic rings. The van der Waals surface area contributed by atoms with Crippen LogP contribution in [-0.4, -0.2) is 23.0 Å². The van der Waals surface area contributed by atoms with Crippen LogP contribution in [0.2, 0.25) is 0 Å². The predicted octanol–water partition coefficient (Wildman–Crippen LogP) is 2.22. The molecule has 1 fully saturated rings. The molecule has 0 aromatic heterocycles. The molecule has 0 heterocycles. The minimum absolute atomic E-state index is 0.00734. The Morgan fingerprint density at radius 1 is 1.25 bits per heavy atom. The Labute approximate surface area is 119 Å². The number of carboxylic acids is 1. The molecule has 108 valence electrons. The molecule has 1 saturated carbocycles. The van der Waals surface area contributed by atoms with E-state index in [2.05, 4.69) is 5.32 Å². The van der Waals surface area contributed by atoms with Crippen LogP contribution < -0.4 is 5.32 Å². The fourth-order valence-corrected chi connectivity index (χ4v) is 2.90. The van der Waals surface area contributed by atoms with Gasteiger partial charge in [-0.2, -0.15) is 0 Å². The first-order valence-electron chi connectivity index (χ1n) is 7.04. The van der Waals surface area contributed by atoms with Gasteiger partial charge in [-0.3, -0.25) is 9.59 Å². The van der Waals surface area contributed by atoms with Gasteiger partial charge in [-0.15, -0.1) is 0 Å². The van der Waals surface area contributed by atoms with Crippen molar-refractivity contribution >= 4 is 11.9 Å². The van der Waals surface area contributed by atoms with E-state index >= 15 is 0 Å². The zero-order chi connectivity index (χ0) is 14.7. The standard InChI is InChI=1S/C16H21NO3/c1-10-4-3-5-11(2)14(10)9-15(18)17-13-7-6-12(8-13)16(19)20/h3-5,12-13H,6-9H2,1-2H3,(H,17,18)(H,19,20)/t12-,13+/m0/s1. The lowest BCUT2D eigenvalue weighted by atomic mass is 9.99. The number of hydrogen-bond donors (Lipinski definition) is 2. The summed E-state index contributed by atoms with van der Waals surface area (Å²) in [5.41, 5.74) is 3.31. The second-order valence-corrected chi connectivity index (χ2v) is 5.66. The third-order valence-electron chi connectivity index (χ3n) is 4.13. The third-order valence-corrected chi connectivity index (χ3v) is 4.13. The second-order valence-electron chi connectivity index (χ2n) is 5.66. The highest BCUT2D eigenvalue weighted by molar-refractivity contribution is 5.80. The minimum atomic E-state index is -0.753. The third kappa shape index (κ3) is 3.38. The van der Waals surface area contributed by atoms with Crippen LogP contribution in [0.3, 0.4) is 0 Å². The van der Waals surface area contributed by atoms with Crippen LogP contribution in [0.25, 0.3) is 0 Å². The maximum atomic E-state index is 12.1. The Kier molecular flexibility index (Phi) is 4.42. The molecular formula is C16H21NO3. The first kappa shape index (κ1) is 14.6. The van der Waals surface area contributed by atoms with Crippen molar-refractivity contribution in [1.82, 2.24) is 5.32 Å². The van der Waals surface area contributed by atoms with Gasteiger partial charge in [0.1, 0.15) is 0 Å². The maximum Gasteiger partial charge on any atom is 0.306 e. The number of aliphatic carboxylic acids is 1. The molecule has 1 aliphatic rings. The highest BCUT2D eigenvalue weighted by Gasteiger charge is 2.30. The molecule has 1 aromatic carbocycles. The van der Waals surface area contributed by atoms with E-state index < -0.39 is 5.97 Å². The number of rotatable bonds is 4. The van der Waals surface area contributed by atoms with Crippen molar-refractivity contribution < 1.29 is 14.7 Å². The molecule has 20 heavy (non-hydrogen) atoms. The van der Waals surface area contributed by atoms with Crippen molar-refractivity contribution in [2.45, 2.75) is 45.6 Å². The quantitative estimate of drug-likeness (QED) is 0.885. The summed E-state index contributed by atoms with van der Waals surface area (Å²) < 4.78 is 0. The smallest absolute Gasteiger partial charge is 0.306 e. The topological polar surface area (TPSA) is 66.4 Å². The van der Waals surface area contributed by atoms with Gasteiger partial charge in [-0.1, -0.05) is 18.2 Å². The fraction of sp³-hybridized carbons (Fsp3) is 0.500. The van der Waals surface area contributed by atoms with E-state index in [1.807, 2.05) is 32.0 Å². The normalized spacial score (nSPS) is 21.7. The number of carbonyl (C=O) groups is 2. The zero-order valence-electron chi connectivity index (χ0n) is 12.0. The van der Waals surface area contributed by atoms with Crippen molar-refractivity contribution in [3.63, 3.8) is 0 Å². The molecule has 0 spiro atoms. The number of carboxylic acid groups (broad SMARTS) is 1. The van der Waals surface area contributed by atoms with Gasteiger partial charge < -0.3 is 10.4 Å². The summed E-state index contributed by atoms with van der Waals surface area (Å²) in [6.45, 7) is 4.01. The summed E-state index contributed by atoms with van der Waals surface area (Å²) >= 11 is 0. The number of carbonyl (C=O) groups excluding carboxylic acids is 1. The number of aryl methyl sites for hydroxylation is 2. The zero-order valence-corrected chi connectivity index (χ0v) is 12.0. The molecule has 2 N–H and O–H groups in total. The highest BCUT2D eigenvalue weighted by Crippen LogP contribution is 2.25. The lowest BCUT2D eigenvalue weighted by Crippen LogP contribution is -2.34. The van der Waals surface area contributed by atoms with Gasteiger partial charge in [0.25, 0.3) is 0 Å². The van der Waals surface area contributed by atoms with Crippen molar-refractivity contribution in [3.8, 4) is 0 Å². The van der Waals surface area contributed by atoms with Crippen LogP contribution in [0.5, 0.6) is 0 Å². The highest BCUT2D eigenvalue weighted by atomic mass is 16.4. The van der Waals surface area contributed by atoms with E-state index in [9.17, 15) is 9.59 Å². The Bertz CT molecular complexity index is 504. The van der Waals surface area contributed by atoms with Crippen molar-refractivity contribution in [2.24, 2.45) is 5.92 Å². The van der Waals surface area contributed by atoms with Gasteiger partial charge in [0.2, 0.25) is 5.91 Å². The van der Waals surface area contributed by atoms with Crippen molar-refractivity contribution in [1.29, 1.82) is 0 Å². The summed E-state index contributed by atoms with van der Waals surface area (Å²) in [6, 6.07) is 6.01. The predicted molar refractivity (Wildman–Crippen MR) is 76.5 cm³/mol. The molecule has 0 bridgehead atoms. The fourth-order valence-electron chi connectivity index (χ4n) is 2.90. The first-order chi connectivity index (χ1) is 9.47. The largest absolute Gasteiger partial charge is 0.481 e. The van der Waals surface area contributed by atoms with Gasteiger partial charge >= 0.3 is 5.97 Å². The van der Waals surface area contributed by atoms with Crippen molar-refractivity contribution in [3.05, 3.63) is 34.9 Å². The molecule has 1 aliphatic carbocycles. The van der Waals surface area contributed by atoms with Gasteiger partial charge in [0.05, 0.1) is 12.3 Å². The van der Waals surface area contributed by atoms with Gasteiger partial charge in [-0.25, -0.2) is 0 Å². The monoisotopic (exact) mass is 275 g/mol. The van der Waals surface area contributed by atoms with E-state index in [-0.39, 0.29) is 17.9 Å². The molecular weight excluding hydrogens is 254 g/mol. The van der Waals surface area contributed by atoms with E-state index in [0.717, 1.165) is 23.1 Å². The Balaban J connectivity index is 1.92. The second kappa shape index (κ2) is 6.07. The van der Waals surface area contributed by atoms with Crippen LogP contribution in [0.15, 0.2) is 18.2 Å². The summed E-state index contributed by atoms with van der Waals surface area (Å²) in [7, 11) is 0. The SMILES string of the molecule is Cc1cccc(C)c1CC(=O)N[C@@H]1CC[C@H](C(=O)O)C1. The van der Waals surface area contributed by atoms with Gasteiger partial charge in [-0.05, 0) is 49.8 Å². The Hall–Kier alpha value is -1.84. The van der Waals surface area contributed by atoms with Crippen molar-refractivity contribution in [2.75, 3.05) is 0 Å².